The third-order valence-corrected chi connectivity index (χ3v) is 2.77. The maximum Gasteiger partial charge on any atom is 0.138 e. The summed E-state index contributed by atoms with van der Waals surface area (Å²) in [6.45, 7) is 14.8. The molecule has 0 aliphatic rings. The summed E-state index contributed by atoms with van der Waals surface area (Å²) in [5, 5.41) is 3.29. The zero-order chi connectivity index (χ0) is 14.6. The molecule has 1 N–H and O–H groups in total. The Labute approximate surface area is 117 Å². The number of hydrogen-bond donors (Lipinski definition) is 1. The largest absolute Gasteiger partial charge is 0.370 e. The highest BCUT2D eigenvalue weighted by atomic mass is 15.2. The molecule has 4 nitrogen and oxygen atoms in total. The smallest absolute Gasteiger partial charge is 0.138 e. The molecule has 0 amide bonds. The zero-order valence-corrected chi connectivity index (χ0v) is 13.4. The Hall–Kier alpha value is -1.32. The van der Waals surface area contributed by atoms with E-state index in [1.165, 1.54) is 0 Å². The molecule has 0 unspecified atom stereocenters. The van der Waals surface area contributed by atoms with E-state index >= 15 is 0 Å². The number of nitrogens with one attached hydrogen (secondary N) is 1. The minimum Gasteiger partial charge on any atom is -0.370 e. The van der Waals surface area contributed by atoms with Crippen LogP contribution >= 0.6 is 0 Å². The zero-order valence-electron chi connectivity index (χ0n) is 13.4. The monoisotopic (exact) mass is 264 g/mol. The predicted octanol–water partition coefficient (Wildman–Crippen LogP) is 3.30. The molecule has 0 atom stereocenters. The lowest BCUT2D eigenvalue weighted by Crippen LogP contribution is -2.26. The average Bonchev–Trinajstić information content (AvgIpc) is 2.27. The molecule has 1 rings (SSSR count). The van der Waals surface area contributed by atoms with Crippen LogP contribution in [0.1, 0.15) is 47.4 Å². The quantitative estimate of drug-likeness (QED) is 0.886. The van der Waals surface area contributed by atoms with Crippen LogP contribution in [0.2, 0.25) is 0 Å². The van der Waals surface area contributed by atoms with Crippen molar-refractivity contribution >= 4 is 11.6 Å². The van der Waals surface area contributed by atoms with Crippen molar-refractivity contribution in [1.29, 1.82) is 0 Å². The normalized spacial score (nSPS) is 11.8. The first kappa shape index (κ1) is 15.7. The Morgan fingerprint density at radius 1 is 1.26 bits per heavy atom. The lowest BCUT2D eigenvalue weighted by molar-refractivity contribution is 0.543. The van der Waals surface area contributed by atoms with Crippen molar-refractivity contribution in [3.8, 4) is 0 Å². The minimum absolute atomic E-state index is 0.0428. The Balaban J connectivity index is 3.12. The van der Waals surface area contributed by atoms with Gasteiger partial charge in [0.15, 0.2) is 0 Å². The summed E-state index contributed by atoms with van der Waals surface area (Å²) in [5.74, 6) is 3.40. The second-order valence-electron chi connectivity index (χ2n) is 6.49. The van der Waals surface area contributed by atoms with Crippen LogP contribution in [-0.4, -0.2) is 30.1 Å². The fraction of sp³-hybridized carbons (Fsp3) is 0.733. The highest BCUT2D eigenvalue weighted by molar-refractivity contribution is 5.49. The van der Waals surface area contributed by atoms with Crippen molar-refractivity contribution in [2.45, 2.75) is 47.0 Å². The molecule has 0 aliphatic heterocycles. The molecule has 0 saturated carbocycles. The van der Waals surface area contributed by atoms with Crippen LogP contribution in [0.4, 0.5) is 11.6 Å². The van der Waals surface area contributed by atoms with E-state index in [0.29, 0.717) is 5.92 Å². The van der Waals surface area contributed by atoms with Crippen molar-refractivity contribution in [3.05, 3.63) is 11.9 Å². The van der Waals surface area contributed by atoms with Crippen LogP contribution in [0, 0.1) is 5.92 Å². The van der Waals surface area contributed by atoms with E-state index in [2.05, 4.69) is 63.8 Å². The molecule has 0 fully saturated rings. The van der Waals surface area contributed by atoms with E-state index in [0.717, 1.165) is 30.5 Å². The van der Waals surface area contributed by atoms with Crippen molar-refractivity contribution in [2.75, 3.05) is 30.4 Å². The fourth-order valence-electron chi connectivity index (χ4n) is 1.88. The van der Waals surface area contributed by atoms with Crippen LogP contribution in [0.25, 0.3) is 0 Å². The first-order valence-corrected chi connectivity index (χ1v) is 7.08. The summed E-state index contributed by atoms with van der Waals surface area (Å²) >= 11 is 0. The third kappa shape index (κ3) is 4.69. The average molecular weight is 264 g/mol. The van der Waals surface area contributed by atoms with Gasteiger partial charge in [-0.15, -0.1) is 0 Å². The van der Waals surface area contributed by atoms with Crippen LogP contribution < -0.4 is 10.2 Å². The second kappa shape index (κ2) is 6.22. The van der Waals surface area contributed by atoms with Gasteiger partial charge in [-0.1, -0.05) is 34.6 Å². The molecule has 1 heterocycles. The van der Waals surface area contributed by atoms with Crippen LogP contribution in [0.3, 0.4) is 0 Å². The summed E-state index contributed by atoms with van der Waals surface area (Å²) in [6, 6.07) is 2.03. The molecule has 19 heavy (non-hydrogen) atoms. The molecule has 1 aromatic heterocycles. The van der Waals surface area contributed by atoms with Gasteiger partial charge in [-0.05, 0) is 12.8 Å². The van der Waals surface area contributed by atoms with Crippen LogP contribution in [0.5, 0.6) is 0 Å². The van der Waals surface area contributed by atoms with Gasteiger partial charge >= 0.3 is 0 Å². The molecule has 1 aromatic rings. The second-order valence-corrected chi connectivity index (χ2v) is 6.49. The highest BCUT2D eigenvalue weighted by Crippen LogP contribution is 2.23. The highest BCUT2D eigenvalue weighted by Gasteiger charge is 2.20. The lowest BCUT2D eigenvalue weighted by atomic mass is 9.96. The number of aromatic nitrogens is 2. The van der Waals surface area contributed by atoms with Gasteiger partial charge in [0.25, 0.3) is 0 Å². The minimum atomic E-state index is -0.0428. The van der Waals surface area contributed by atoms with Gasteiger partial charge < -0.3 is 10.2 Å². The maximum atomic E-state index is 4.71. The van der Waals surface area contributed by atoms with Gasteiger partial charge in [-0.25, -0.2) is 9.97 Å². The van der Waals surface area contributed by atoms with E-state index in [9.17, 15) is 0 Å². The molecule has 0 radical (unpaired) electrons. The van der Waals surface area contributed by atoms with Crippen LogP contribution in [0.15, 0.2) is 6.07 Å². The Kier molecular flexibility index (Phi) is 5.15. The van der Waals surface area contributed by atoms with Crippen molar-refractivity contribution in [3.63, 3.8) is 0 Å². The summed E-state index contributed by atoms with van der Waals surface area (Å²) in [4.78, 5) is 11.5. The molecular formula is C15H28N4. The first-order chi connectivity index (χ1) is 8.74. The first-order valence-electron chi connectivity index (χ1n) is 7.08. The Morgan fingerprint density at radius 3 is 2.37 bits per heavy atom. The van der Waals surface area contributed by atoms with E-state index in [4.69, 9.17) is 4.98 Å². The van der Waals surface area contributed by atoms with E-state index in [1.54, 1.807) is 0 Å². The molecule has 0 bridgehead atoms. The number of anilines is 2. The van der Waals surface area contributed by atoms with Gasteiger partial charge in [0.2, 0.25) is 0 Å². The van der Waals surface area contributed by atoms with Crippen LogP contribution in [-0.2, 0) is 5.41 Å². The third-order valence-electron chi connectivity index (χ3n) is 2.77. The summed E-state index contributed by atoms with van der Waals surface area (Å²) < 4.78 is 0. The predicted molar refractivity (Wildman–Crippen MR) is 83.0 cm³/mol. The Morgan fingerprint density at radius 2 is 1.89 bits per heavy atom. The molecule has 4 heteroatoms. The van der Waals surface area contributed by atoms with Gasteiger partial charge in [0.1, 0.15) is 17.5 Å². The van der Waals surface area contributed by atoms with E-state index in [1.807, 2.05) is 6.07 Å². The molecule has 0 aliphatic carbocycles. The fourth-order valence-corrected chi connectivity index (χ4v) is 1.88. The summed E-state index contributed by atoms with van der Waals surface area (Å²) in [6.07, 6.45) is 0. The lowest BCUT2D eigenvalue weighted by Gasteiger charge is -2.24. The van der Waals surface area contributed by atoms with E-state index in [-0.39, 0.29) is 5.41 Å². The Bertz CT molecular complexity index is 407. The summed E-state index contributed by atoms with van der Waals surface area (Å²) in [7, 11) is 2.09. The van der Waals surface area contributed by atoms with Gasteiger partial charge in [0, 0.05) is 31.6 Å². The van der Waals surface area contributed by atoms with Crippen molar-refractivity contribution in [1.82, 2.24) is 9.97 Å². The topological polar surface area (TPSA) is 41.0 Å². The maximum absolute atomic E-state index is 4.71. The standard InChI is InChI=1S/C15H28N4/c1-8-16-12-9-13(19(7)10-11(2)3)18-14(17-12)15(4,5)6/h9,11H,8,10H2,1-7H3,(H,16,17,18). The number of nitrogens with zero attached hydrogens (tertiary/aromatic N) is 3. The van der Waals surface area contributed by atoms with Crippen molar-refractivity contribution < 1.29 is 0 Å². The molecular weight excluding hydrogens is 236 g/mol. The molecule has 108 valence electrons. The number of hydrogen-bond acceptors (Lipinski definition) is 4. The molecule has 0 saturated heterocycles. The summed E-state index contributed by atoms with van der Waals surface area (Å²) in [5.41, 5.74) is -0.0428. The van der Waals surface area contributed by atoms with Gasteiger partial charge in [-0.2, -0.15) is 0 Å². The SMILES string of the molecule is CCNc1cc(N(C)CC(C)C)nc(C(C)(C)C)n1. The number of rotatable bonds is 5. The van der Waals surface area contributed by atoms with Gasteiger partial charge in [-0.3, -0.25) is 0 Å². The van der Waals surface area contributed by atoms with E-state index < -0.39 is 0 Å². The van der Waals surface area contributed by atoms with Gasteiger partial charge in [0.05, 0.1) is 0 Å². The molecule has 0 aromatic carbocycles. The van der Waals surface area contributed by atoms with Crippen molar-refractivity contribution in [2.24, 2.45) is 5.92 Å². The molecule has 0 spiro atoms.